The Hall–Kier alpha value is -2.69. The maximum absolute atomic E-state index is 11.4. The Balaban J connectivity index is 1.92. The third-order valence-corrected chi connectivity index (χ3v) is 3.59. The Morgan fingerprint density at radius 3 is 2.50 bits per heavy atom. The van der Waals surface area contributed by atoms with Crippen LogP contribution in [0.15, 0.2) is 48.5 Å². The van der Waals surface area contributed by atoms with E-state index < -0.39 is 0 Å². The molecule has 0 fully saturated rings. The number of benzene rings is 2. The number of hydrogen-bond acceptors (Lipinski definition) is 5. The van der Waals surface area contributed by atoms with E-state index in [2.05, 4.69) is 16.6 Å². The summed E-state index contributed by atoms with van der Waals surface area (Å²) in [7, 11) is 1.36. The molecule has 0 amide bonds. The highest BCUT2D eigenvalue weighted by Gasteiger charge is 2.08. The minimum atomic E-state index is -0.362. The highest BCUT2D eigenvalue weighted by molar-refractivity contribution is 5.89. The number of rotatable bonds is 8. The molecule has 2 rings (SSSR count). The van der Waals surface area contributed by atoms with Crippen molar-refractivity contribution in [2.24, 2.45) is 0 Å². The van der Waals surface area contributed by atoms with Crippen molar-refractivity contribution < 1.29 is 19.4 Å². The molecule has 0 saturated carbocycles. The van der Waals surface area contributed by atoms with Gasteiger partial charge in [-0.1, -0.05) is 13.0 Å². The molecule has 5 nitrogen and oxygen atoms in total. The largest absolute Gasteiger partial charge is 0.508 e. The summed E-state index contributed by atoms with van der Waals surface area (Å²) in [5.74, 6) is 0.600. The van der Waals surface area contributed by atoms with Crippen LogP contribution in [0.3, 0.4) is 0 Å². The van der Waals surface area contributed by atoms with Crippen LogP contribution in [-0.2, 0) is 4.74 Å². The lowest BCUT2D eigenvalue weighted by Crippen LogP contribution is -2.29. The first-order valence-electron chi connectivity index (χ1n) is 7.99. The Morgan fingerprint density at radius 1 is 1.12 bits per heavy atom. The van der Waals surface area contributed by atoms with Crippen molar-refractivity contribution in [1.29, 1.82) is 0 Å². The lowest BCUT2D eigenvalue weighted by Gasteiger charge is -2.24. The second kappa shape index (κ2) is 8.82. The van der Waals surface area contributed by atoms with Crippen molar-refractivity contribution in [2.45, 2.75) is 13.3 Å². The van der Waals surface area contributed by atoms with Gasteiger partial charge in [0.2, 0.25) is 0 Å². The van der Waals surface area contributed by atoms with Gasteiger partial charge in [-0.2, -0.15) is 0 Å². The molecule has 0 aromatic heterocycles. The number of anilines is 1. The minimum Gasteiger partial charge on any atom is -0.508 e. The van der Waals surface area contributed by atoms with Crippen molar-refractivity contribution >= 4 is 11.7 Å². The van der Waals surface area contributed by atoms with Gasteiger partial charge in [0, 0.05) is 18.3 Å². The number of ether oxygens (including phenoxy) is 2. The second-order valence-electron chi connectivity index (χ2n) is 5.37. The standard InChI is InChI=1S/C19H23NO4/c1-3-11-20(16-5-4-6-17(21)14-16)12-13-24-18-9-7-15(8-10-18)19(22)23-2/h4-10,14,21H,3,11-13H2,1-2H3. The van der Waals surface area contributed by atoms with Gasteiger partial charge in [0.25, 0.3) is 0 Å². The molecule has 0 radical (unpaired) electrons. The van der Waals surface area contributed by atoms with Gasteiger partial charge in [-0.3, -0.25) is 0 Å². The molecule has 24 heavy (non-hydrogen) atoms. The predicted molar refractivity (Wildman–Crippen MR) is 93.9 cm³/mol. The zero-order valence-electron chi connectivity index (χ0n) is 14.1. The molecule has 0 aliphatic rings. The van der Waals surface area contributed by atoms with Gasteiger partial charge < -0.3 is 19.5 Å². The molecule has 0 spiro atoms. The molecule has 5 heteroatoms. The zero-order valence-corrected chi connectivity index (χ0v) is 14.1. The summed E-state index contributed by atoms with van der Waals surface area (Å²) < 4.78 is 10.4. The highest BCUT2D eigenvalue weighted by Crippen LogP contribution is 2.20. The number of carbonyl (C=O) groups excluding carboxylic acids is 1. The Labute approximate surface area is 142 Å². The molecule has 0 bridgehead atoms. The average molecular weight is 329 g/mol. The van der Waals surface area contributed by atoms with Gasteiger partial charge in [-0.25, -0.2) is 4.79 Å². The number of hydrogen-bond donors (Lipinski definition) is 1. The van der Waals surface area contributed by atoms with Crippen LogP contribution in [0.2, 0.25) is 0 Å². The van der Waals surface area contributed by atoms with Gasteiger partial charge in [0.1, 0.15) is 18.1 Å². The molecule has 2 aromatic rings. The lowest BCUT2D eigenvalue weighted by molar-refractivity contribution is 0.0600. The van der Waals surface area contributed by atoms with Gasteiger partial charge in [0.05, 0.1) is 19.2 Å². The summed E-state index contributed by atoms with van der Waals surface area (Å²) in [4.78, 5) is 13.6. The van der Waals surface area contributed by atoms with Crippen LogP contribution in [0.1, 0.15) is 23.7 Å². The van der Waals surface area contributed by atoms with E-state index in [-0.39, 0.29) is 11.7 Å². The lowest BCUT2D eigenvalue weighted by atomic mass is 10.2. The molecule has 1 N–H and O–H groups in total. The van der Waals surface area contributed by atoms with Crippen molar-refractivity contribution in [3.05, 3.63) is 54.1 Å². The molecule has 0 aliphatic heterocycles. The molecule has 0 heterocycles. The maximum atomic E-state index is 11.4. The smallest absolute Gasteiger partial charge is 0.337 e. The topological polar surface area (TPSA) is 59.0 Å². The summed E-state index contributed by atoms with van der Waals surface area (Å²) in [6, 6.07) is 14.1. The summed E-state index contributed by atoms with van der Waals surface area (Å²) in [5.41, 5.74) is 1.47. The van der Waals surface area contributed by atoms with Crippen LogP contribution < -0.4 is 9.64 Å². The maximum Gasteiger partial charge on any atom is 0.337 e. The highest BCUT2D eigenvalue weighted by atomic mass is 16.5. The fourth-order valence-corrected chi connectivity index (χ4v) is 2.41. The number of phenols is 1. The van der Waals surface area contributed by atoms with E-state index >= 15 is 0 Å². The first-order chi connectivity index (χ1) is 11.6. The third kappa shape index (κ3) is 4.91. The van der Waals surface area contributed by atoms with Crippen molar-refractivity contribution in [2.75, 3.05) is 31.7 Å². The van der Waals surface area contributed by atoms with Crippen LogP contribution >= 0.6 is 0 Å². The van der Waals surface area contributed by atoms with E-state index in [0.717, 1.165) is 18.7 Å². The molecular weight excluding hydrogens is 306 g/mol. The van der Waals surface area contributed by atoms with Gasteiger partial charge in [-0.15, -0.1) is 0 Å². The fourth-order valence-electron chi connectivity index (χ4n) is 2.41. The fraction of sp³-hybridized carbons (Fsp3) is 0.316. The van der Waals surface area contributed by atoms with E-state index in [0.29, 0.717) is 24.5 Å². The van der Waals surface area contributed by atoms with Crippen LogP contribution in [0, 0.1) is 0 Å². The Morgan fingerprint density at radius 2 is 1.88 bits per heavy atom. The van der Waals surface area contributed by atoms with Gasteiger partial charge in [0.15, 0.2) is 0 Å². The summed E-state index contributed by atoms with van der Waals surface area (Å²) in [5, 5.41) is 9.63. The second-order valence-corrected chi connectivity index (χ2v) is 5.37. The number of aromatic hydroxyl groups is 1. The van der Waals surface area contributed by atoms with E-state index in [4.69, 9.17) is 4.74 Å². The van der Waals surface area contributed by atoms with Crippen LogP contribution in [0.5, 0.6) is 11.5 Å². The molecule has 2 aromatic carbocycles. The normalized spacial score (nSPS) is 10.2. The van der Waals surface area contributed by atoms with Crippen molar-refractivity contribution in [3.63, 3.8) is 0 Å². The first kappa shape index (κ1) is 17.7. The zero-order chi connectivity index (χ0) is 17.4. The van der Waals surface area contributed by atoms with Crippen LogP contribution in [0.4, 0.5) is 5.69 Å². The molecular formula is C19H23NO4. The number of methoxy groups -OCH3 is 1. The van der Waals surface area contributed by atoms with E-state index in [9.17, 15) is 9.90 Å². The molecule has 0 atom stereocenters. The Kier molecular flexibility index (Phi) is 6.49. The quantitative estimate of drug-likeness (QED) is 0.752. The van der Waals surface area contributed by atoms with E-state index in [1.807, 2.05) is 12.1 Å². The number of nitrogens with zero attached hydrogens (tertiary/aromatic N) is 1. The average Bonchev–Trinajstić information content (AvgIpc) is 2.61. The van der Waals surface area contributed by atoms with Crippen molar-refractivity contribution in [1.82, 2.24) is 0 Å². The Bertz CT molecular complexity index is 655. The van der Waals surface area contributed by atoms with Crippen molar-refractivity contribution in [3.8, 4) is 11.5 Å². The van der Waals surface area contributed by atoms with Crippen LogP contribution in [0.25, 0.3) is 0 Å². The number of esters is 1. The number of carbonyl (C=O) groups is 1. The van der Waals surface area contributed by atoms with Gasteiger partial charge >= 0.3 is 5.97 Å². The summed E-state index contributed by atoms with van der Waals surface area (Å²) in [6.45, 7) is 4.21. The minimum absolute atomic E-state index is 0.257. The molecule has 0 aliphatic carbocycles. The third-order valence-electron chi connectivity index (χ3n) is 3.59. The summed E-state index contributed by atoms with van der Waals surface area (Å²) in [6.07, 6.45) is 1.00. The summed E-state index contributed by atoms with van der Waals surface area (Å²) >= 11 is 0. The number of phenolic OH excluding ortho intramolecular Hbond substituents is 1. The molecule has 0 unspecified atom stereocenters. The molecule has 0 saturated heterocycles. The monoisotopic (exact) mass is 329 g/mol. The first-order valence-corrected chi connectivity index (χ1v) is 7.99. The predicted octanol–water partition coefficient (Wildman–Crippen LogP) is 3.47. The van der Waals surface area contributed by atoms with E-state index in [1.54, 1.807) is 36.4 Å². The van der Waals surface area contributed by atoms with E-state index in [1.165, 1.54) is 7.11 Å². The van der Waals surface area contributed by atoms with Gasteiger partial charge in [-0.05, 0) is 42.8 Å². The molecule has 128 valence electrons. The SMILES string of the molecule is CCCN(CCOc1ccc(C(=O)OC)cc1)c1cccc(O)c1. The van der Waals surface area contributed by atoms with Crippen LogP contribution in [-0.4, -0.2) is 37.9 Å².